The van der Waals surface area contributed by atoms with Crippen molar-refractivity contribution in [3.8, 4) is 5.75 Å². The maximum Gasteiger partial charge on any atom is 0.223 e. The van der Waals surface area contributed by atoms with E-state index in [1.807, 2.05) is 17.0 Å². The number of benzene rings is 1. The zero-order valence-electron chi connectivity index (χ0n) is 11.7. The monoisotopic (exact) mass is 262 g/mol. The third-order valence-corrected chi connectivity index (χ3v) is 3.80. The molecule has 1 unspecified atom stereocenters. The highest BCUT2D eigenvalue weighted by Crippen LogP contribution is 2.21. The van der Waals surface area contributed by atoms with E-state index in [2.05, 4.69) is 19.9 Å². The number of aryl methyl sites for hydroxylation is 1. The molecule has 1 aromatic carbocycles. The van der Waals surface area contributed by atoms with E-state index in [4.69, 9.17) is 10.5 Å². The van der Waals surface area contributed by atoms with E-state index in [1.165, 1.54) is 5.56 Å². The Bertz CT molecular complexity index is 459. The van der Waals surface area contributed by atoms with Crippen LogP contribution in [0.5, 0.6) is 5.75 Å². The van der Waals surface area contributed by atoms with Crippen LogP contribution in [0.25, 0.3) is 0 Å². The number of amides is 1. The summed E-state index contributed by atoms with van der Waals surface area (Å²) in [5.74, 6) is 1.41. The van der Waals surface area contributed by atoms with Crippen LogP contribution in [0.15, 0.2) is 18.2 Å². The number of hydrogen-bond donors (Lipinski definition) is 1. The third-order valence-electron chi connectivity index (χ3n) is 3.80. The minimum Gasteiger partial charge on any atom is -0.491 e. The molecule has 1 heterocycles. The second-order valence-electron chi connectivity index (χ2n) is 5.19. The van der Waals surface area contributed by atoms with Crippen molar-refractivity contribution in [2.45, 2.75) is 20.3 Å². The van der Waals surface area contributed by atoms with Gasteiger partial charge in [0.1, 0.15) is 12.4 Å². The molecule has 2 N–H and O–H groups in total. The number of rotatable bonds is 5. The first kappa shape index (κ1) is 13.9. The van der Waals surface area contributed by atoms with Crippen molar-refractivity contribution in [1.82, 2.24) is 4.90 Å². The van der Waals surface area contributed by atoms with Crippen molar-refractivity contribution in [3.63, 3.8) is 0 Å². The number of carbonyl (C=O) groups excluding carboxylic acids is 1. The van der Waals surface area contributed by atoms with E-state index >= 15 is 0 Å². The Kier molecular flexibility index (Phi) is 4.43. The van der Waals surface area contributed by atoms with Gasteiger partial charge in [0.15, 0.2) is 0 Å². The van der Waals surface area contributed by atoms with Crippen LogP contribution < -0.4 is 10.5 Å². The summed E-state index contributed by atoms with van der Waals surface area (Å²) in [5, 5.41) is 0. The Labute approximate surface area is 114 Å². The highest BCUT2D eigenvalue weighted by atomic mass is 16.5. The predicted octanol–water partition coefficient (Wildman–Crippen LogP) is 1.49. The van der Waals surface area contributed by atoms with E-state index in [-0.39, 0.29) is 5.91 Å². The van der Waals surface area contributed by atoms with Gasteiger partial charge in [-0.2, -0.15) is 0 Å². The first-order valence-electron chi connectivity index (χ1n) is 6.78. The molecule has 1 atom stereocenters. The number of hydrogen-bond acceptors (Lipinski definition) is 3. The summed E-state index contributed by atoms with van der Waals surface area (Å²) in [5.41, 5.74) is 7.99. The lowest BCUT2D eigenvalue weighted by atomic mass is 10.1. The first-order valence-corrected chi connectivity index (χ1v) is 6.78. The largest absolute Gasteiger partial charge is 0.491 e. The fraction of sp³-hybridized carbons (Fsp3) is 0.533. The summed E-state index contributed by atoms with van der Waals surface area (Å²) in [4.78, 5) is 13.6. The molecule has 0 radical (unpaired) electrons. The molecule has 1 amide bonds. The van der Waals surface area contributed by atoms with E-state index in [1.54, 1.807) is 0 Å². The summed E-state index contributed by atoms with van der Waals surface area (Å²) in [6.45, 7) is 6.65. The molecule has 19 heavy (non-hydrogen) atoms. The molecule has 0 aromatic heterocycles. The summed E-state index contributed by atoms with van der Waals surface area (Å²) >= 11 is 0. The number of nitrogens with zero attached hydrogens (tertiary/aromatic N) is 1. The van der Waals surface area contributed by atoms with Crippen LogP contribution in [-0.4, -0.2) is 37.0 Å². The second kappa shape index (κ2) is 6.06. The van der Waals surface area contributed by atoms with Gasteiger partial charge in [0.25, 0.3) is 0 Å². The maximum atomic E-state index is 11.7. The highest BCUT2D eigenvalue weighted by Gasteiger charge is 2.28. The van der Waals surface area contributed by atoms with Gasteiger partial charge in [0.05, 0.1) is 6.54 Å². The highest BCUT2D eigenvalue weighted by molar-refractivity contribution is 5.78. The second-order valence-corrected chi connectivity index (χ2v) is 5.19. The lowest BCUT2D eigenvalue weighted by Gasteiger charge is -2.17. The Morgan fingerprint density at radius 3 is 2.89 bits per heavy atom. The zero-order chi connectivity index (χ0) is 13.8. The van der Waals surface area contributed by atoms with Gasteiger partial charge >= 0.3 is 0 Å². The third kappa shape index (κ3) is 3.26. The molecule has 0 bridgehead atoms. The molecule has 0 saturated carbocycles. The zero-order valence-corrected chi connectivity index (χ0v) is 11.7. The van der Waals surface area contributed by atoms with Crippen molar-refractivity contribution in [1.29, 1.82) is 0 Å². The van der Waals surface area contributed by atoms with Crippen molar-refractivity contribution in [3.05, 3.63) is 29.3 Å². The van der Waals surface area contributed by atoms with Gasteiger partial charge in [0.2, 0.25) is 5.91 Å². The van der Waals surface area contributed by atoms with Gasteiger partial charge in [0, 0.05) is 13.0 Å². The minimum absolute atomic E-state index is 0.194. The molecule has 2 rings (SSSR count). The number of carbonyl (C=O) groups is 1. The molecular formula is C15H22N2O2. The van der Waals surface area contributed by atoms with Gasteiger partial charge < -0.3 is 15.4 Å². The molecule has 0 spiro atoms. The fourth-order valence-electron chi connectivity index (χ4n) is 2.37. The van der Waals surface area contributed by atoms with Gasteiger partial charge in [-0.3, -0.25) is 4.79 Å². The van der Waals surface area contributed by atoms with Crippen LogP contribution in [0.2, 0.25) is 0 Å². The Balaban J connectivity index is 1.84. The normalized spacial score (nSPS) is 19.0. The minimum atomic E-state index is 0.194. The van der Waals surface area contributed by atoms with Gasteiger partial charge in [-0.05, 0) is 43.5 Å². The Morgan fingerprint density at radius 2 is 2.21 bits per heavy atom. The van der Waals surface area contributed by atoms with Crippen molar-refractivity contribution in [2.75, 3.05) is 26.2 Å². The number of ether oxygens (including phenoxy) is 1. The standard InChI is InChI=1S/C15H22N2O2/c1-11-4-3-5-14(12(11)2)19-7-6-17-10-13(9-16)8-15(17)18/h3-5,13H,6-10,16H2,1-2H3. The first-order chi connectivity index (χ1) is 9.11. The Hall–Kier alpha value is -1.55. The lowest BCUT2D eigenvalue weighted by Crippen LogP contribution is -2.30. The molecule has 4 nitrogen and oxygen atoms in total. The Morgan fingerprint density at radius 1 is 1.42 bits per heavy atom. The van der Waals surface area contributed by atoms with Crippen LogP contribution in [-0.2, 0) is 4.79 Å². The molecular weight excluding hydrogens is 240 g/mol. The molecule has 104 valence electrons. The fourth-order valence-corrected chi connectivity index (χ4v) is 2.37. The molecule has 0 aliphatic carbocycles. The van der Waals surface area contributed by atoms with Crippen molar-refractivity contribution >= 4 is 5.91 Å². The average Bonchev–Trinajstić information content (AvgIpc) is 2.75. The predicted molar refractivity (Wildman–Crippen MR) is 75.2 cm³/mol. The molecule has 1 aromatic rings. The maximum absolute atomic E-state index is 11.7. The molecule has 1 fully saturated rings. The molecule has 4 heteroatoms. The van der Waals surface area contributed by atoms with E-state index in [9.17, 15) is 4.79 Å². The summed E-state index contributed by atoms with van der Waals surface area (Å²) < 4.78 is 5.77. The van der Waals surface area contributed by atoms with Crippen molar-refractivity contribution in [2.24, 2.45) is 11.7 Å². The summed E-state index contributed by atoms with van der Waals surface area (Å²) in [7, 11) is 0. The SMILES string of the molecule is Cc1cccc(OCCN2CC(CN)CC2=O)c1C. The number of likely N-dealkylation sites (tertiary alicyclic amines) is 1. The van der Waals surface area contributed by atoms with Crippen LogP contribution in [0, 0.1) is 19.8 Å². The van der Waals surface area contributed by atoms with Crippen molar-refractivity contribution < 1.29 is 9.53 Å². The smallest absolute Gasteiger partial charge is 0.223 e. The molecule has 1 saturated heterocycles. The van der Waals surface area contributed by atoms with Gasteiger partial charge in [-0.15, -0.1) is 0 Å². The topological polar surface area (TPSA) is 55.6 Å². The quantitative estimate of drug-likeness (QED) is 0.874. The average molecular weight is 262 g/mol. The summed E-state index contributed by atoms with van der Waals surface area (Å²) in [6.07, 6.45) is 0.583. The lowest BCUT2D eigenvalue weighted by molar-refractivity contribution is -0.128. The van der Waals surface area contributed by atoms with E-state index in [0.29, 0.717) is 32.0 Å². The molecule has 1 aliphatic rings. The van der Waals surface area contributed by atoms with Gasteiger partial charge in [-0.1, -0.05) is 12.1 Å². The number of nitrogens with two attached hydrogens (primary N) is 1. The van der Waals surface area contributed by atoms with Crippen LogP contribution in [0.1, 0.15) is 17.5 Å². The van der Waals surface area contributed by atoms with Gasteiger partial charge in [-0.25, -0.2) is 0 Å². The van der Waals surface area contributed by atoms with Crippen LogP contribution in [0.3, 0.4) is 0 Å². The van der Waals surface area contributed by atoms with Crippen LogP contribution in [0.4, 0.5) is 0 Å². The van der Waals surface area contributed by atoms with E-state index < -0.39 is 0 Å². The summed E-state index contributed by atoms with van der Waals surface area (Å²) in [6, 6.07) is 6.03. The van der Waals surface area contributed by atoms with Crippen LogP contribution >= 0.6 is 0 Å². The molecule has 1 aliphatic heterocycles. The van der Waals surface area contributed by atoms with E-state index in [0.717, 1.165) is 17.9 Å².